The summed E-state index contributed by atoms with van der Waals surface area (Å²) in [6.45, 7) is 3.73. The summed E-state index contributed by atoms with van der Waals surface area (Å²) >= 11 is 6.03. The van der Waals surface area contributed by atoms with E-state index < -0.39 is 5.97 Å². The van der Waals surface area contributed by atoms with Gasteiger partial charge in [0.1, 0.15) is 0 Å². The Kier molecular flexibility index (Phi) is 2.59. The number of rotatable bonds is 2. The highest BCUT2D eigenvalue weighted by Crippen LogP contribution is 2.22. The van der Waals surface area contributed by atoms with Crippen molar-refractivity contribution >= 4 is 23.2 Å². The van der Waals surface area contributed by atoms with Crippen molar-refractivity contribution in [2.75, 3.05) is 0 Å². The van der Waals surface area contributed by atoms with Crippen LogP contribution in [0.2, 0.25) is 5.02 Å². The van der Waals surface area contributed by atoms with Crippen LogP contribution in [0.3, 0.4) is 0 Å². The zero-order valence-corrected chi connectivity index (χ0v) is 9.75. The third-order valence-corrected chi connectivity index (χ3v) is 2.70. The summed E-state index contributed by atoms with van der Waals surface area (Å²) in [6, 6.07) is 1.77. The predicted molar refractivity (Wildman–Crippen MR) is 61.3 cm³/mol. The fourth-order valence-electron chi connectivity index (χ4n) is 1.75. The summed E-state index contributed by atoms with van der Waals surface area (Å²) in [7, 11) is 0. The van der Waals surface area contributed by atoms with Gasteiger partial charge >= 0.3 is 5.97 Å². The normalized spacial score (nSPS) is 10.9. The molecule has 0 saturated carbocycles. The molecule has 0 saturated heterocycles. The van der Waals surface area contributed by atoms with Crippen LogP contribution < -0.4 is 0 Å². The Morgan fingerprint density at radius 1 is 1.62 bits per heavy atom. The van der Waals surface area contributed by atoms with Crippen molar-refractivity contribution < 1.29 is 9.90 Å². The maximum absolute atomic E-state index is 11.2. The molecule has 0 aliphatic heterocycles. The van der Waals surface area contributed by atoms with Crippen LogP contribution in [0.4, 0.5) is 0 Å². The Hall–Kier alpha value is -1.55. The maximum Gasteiger partial charge on any atom is 0.354 e. The molecule has 2 aromatic heterocycles. The van der Waals surface area contributed by atoms with Crippen molar-refractivity contribution in [2.45, 2.75) is 20.3 Å². The van der Waals surface area contributed by atoms with Crippen molar-refractivity contribution in [2.24, 2.45) is 0 Å². The van der Waals surface area contributed by atoms with Gasteiger partial charge in [-0.2, -0.15) is 0 Å². The fraction of sp³-hybridized carbons (Fsp3) is 0.273. The lowest BCUT2D eigenvalue weighted by Crippen LogP contribution is -2.05. The second-order valence-corrected chi connectivity index (χ2v) is 4.03. The molecule has 0 spiro atoms. The Bertz CT molecular complexity index is 575. The molecule has 0 atom stereocenters. The molecule has 0 aliphatic rings. The molecule has 0 bridgehead atoms. The van der Waals surface area contributed by atoms with E-state index in [-0.39, 0.29) is 5.69 Å². The number of nitrogens with zero attached hydrogens (tertiary/aromatic N) is 2. The van der Waals surface area contributed by atoms with E-state index in [1.807, 2.05) is 13.8 Å². The van der Waals surface area contributed by atoms with Crippen LogP contribution >= 0.6 is 11.6 Å². The summed E-state index contributed by atoms with van der Waals surface area (Å²) in [5.41, 5.74) is 2.16. The van der Waals surface area contributed by atoms with Gasteiger partial charge in [0.2, 0.25) is 0 Å². The van der Waals surface area contributed by atoms with Gasteiger partial charge in [-0.3, -0.25) is 4.40 Å². The van der Waals surface area contributed by atoms with E-state index in [0.717, 1.165) is 5.56 Å². The Morgan fingerprint density at radius 2 is 2.31 bits per heavy atom. The summed E-state index contributed by atoms with van der Waals surface area (Å²) < 4.78 is 1.54. The van der Waals surface area contributed by atoms with E-state index in [2.05, 4.69) is 4.98 Å². The first-order valence-corrected chi connectivity index (χ1v) is 5.32. The van der Waals surface area contributed by atoms with Crippen LogP contribution in [0.1, 0.15) is 28.7 Å². The van der Waals surface area contributed by atoms with Crippen molar-refractivity contribution in [3.8, 4) is 0 Å². The smallest absolute Gasteiger partial charge is 0.354 e. The lowest BCUT2D eigenvalue weighted by Gasteiger charge is -2.01. The molecule has 1 N–H and O–H groups in total. The van der Waals surface area contributed by atoms with Crippen LogP contribution in [0.15, 0.2) is 12.3 Å². The number of carbonyl (C=O) groups is 1. The number of aromatic carboxylic acids is 1. The standard InChI is InChI=1S/C11H11ClN2O2/c1-3-8-9(11(15)16)14-5-6(2)4-7(12)10(14)13-8/h4-5H,3H2,1-2H3,(H,15,16). The Labute approximate surface area is 97.5 Å². The van der Waals surface area contributed by atoms with Gasteiger partial charge in [0.05, 0.1) is 10.7 Å². The topological polar surface area (TPSA) is 54.6 Å². The zero-order chi connectivity index (χ0) is 11.9. The maximum atomic E-state index is 11.2. The minimum absolute atomic E-state index is 0.197. The molecule has 0 aliphatic carbocycles. The number of halogens is 1. The van der Waals surface area contributed by atoms with E-state index in [1.165, 1.54) is 0 Å². The highest BCUT2D eigenvalue weighted by molar-refractivity contribution is 6.33. The number of carboxylic acid groups (broad SMARTS) is 1. The number of hydrogen-bond acceptors (Lipinski definition) is 2. The van der Waals surface area contributed by atoms with Gasteiger partial charge in [-0.25, -0.2) is 9.78 Å². The lowest BCUT2D eigenvalue weighted by molar-refractivity contribution is 0.0688. The minimum Gasteiger partial charge on any atom is -0.477 e. The number of carboxylic acids is 1. The lowest BCUT2D eigenvalue weighted by atomic mass is 10.2. The van der Waals surface area contributed by atoms with Crippen molar-refractivity contribution in [3.63, 3.8) is 0 Å². The molecular formula is C11H11ClN2O2. The van der Waals surface area contributed by atoms with Crippen molar-refractivity contribution in [3.05, 3.63) is 34.2 Å². The SMILES string of the molecule is CCc1nc2c(Cl)cc(C)cn2c1C(=O)O. The van der Waals surface area contributed by atoms with Crippen LogP contribution in [0.5, 0.6) is 0 Å². The van der Waals surface area contributed by atoms with Gasteiger partial charge in [0.15, 0.2) is 11.3 Å². The third-order valence-electron chi connectivity index (χ3n) is 2.42. The molecule has 0 unspecified atom stereocenters. The molecule has 0 aromatic carbocycles. The average Bonchev–Trinajstić information content (AvgIpc) is 2.56. The number of aromatic nitrogens is 2. The second kappa shape index (κ2) is 3.79. The number of pyridine rings is 1. The minimum atomic E-state index is -0.981. The molecule has 2 rings (SSSR count). The molecule has 0 radical (unpaired) electrons. The van der Waals surface area contributed by atoms with E-state index >= 15 is 0 Å². The molecular weight excluding hydrogens is 228 g/mol. The van der Waals surface area contributed by atoms with Gasteiger partial charge in [0, 0.05) is 6.20 Å². The monoisotopic (exact) mass is 238 g/mol. The van der Waals surface area contributed by atoms with Crippen molar-refractivity contribution in [1.82, 2.24) is 9.38 Å². The molecule has 84 valence electrons. The molecule has 0 fully saturated rings. The number of imidazole rings is 1. The zero-order valence-electron chi connectivity index (χ0n) is 8.99. The first-order valence-electron chi connectivity index (χ1n) is 4.95. The van der Waals surface area contributed by atoms with Gasteiger partial charge < -0.3 is 5.11 Å². The fourth-order valence-corrected chi connectivity index (χ4v) is 2.06. The summed E-state index contributed by atoms with van der Waals surface area (Å²) in [4.78, 5) is 15.4. The molecule has 0 amide bonds. The van der Waals surface area contributed by atoms with E-state index in [1.54, 1.807) is 16.7 Å². The molecule has 16 heavy (non-hydrogen) atoms. The van der Waals surface area contributed by atoms with Crippen molar-refractivity contribution in [1.29, 1.82) is 0 Å². The molecule has 5 heteroatoms. The summed E-state index contributed by atoms with van der Waals surface area (Å²) in [6.07, 6.45) is 2.30. The number of aryl methyl sites for hydroxylation is 2. The Balaban J connectivity index is 2.89. The molecule has 2 heterocycles. The third kappa shape index (κ3) is 1.55. The van der Waals surface area contributed by atoms with Gasteiger partial charge in [-0.15, -0.1) is 0 Å². The van der Waals surface area contributed by atoms with Gasteiger partial charge in [-0.1, -0.05) is 18.5 Å². The average molecular weight is 239 g/mol. The number of fused-ring (bicyclic) bond motifs is 1. The van der Waals surface area contributed by atoms with Crippen LogP contribution in [-0.4, -0.2) is 20.5 Å². The van der Waals surface area contributed by atoms with Gasteiger partial charge in [-0.05, 0) is 25.0 Å². The summed E-state index contributed by atoms with van der Waals surface area (Å²) in [5.74, 6) is -0.981. The van der Waals surface area contributed by atoms with Crippen LogP contribution in [0.25, 0.3) is 5.65 Å². The first kappa shape index (κ1) is 11.0. The highest BCUT2D eigenvalue weighted by atomic mass is 35.5. The summed E-state index contributed by atoms with van der Waals surface area (Å²) in [5, 5.41) is 9.64. The number of hydrogen-bond donors (Lipinski definition) is 1. The Morgan fingerprint density at radius 3 is 2.88 bits per heavy atom. The van der Waals surface area contributed by atoms with E-state index in [9.17, 15) is 4.79 Å². The first-order chi connectivity index (χ1) is 7.54. The van der Waals surface area contributed by atoms with Gasteiger partial charge in [0.25, 0.3) is 0 Å². The second-order valence-electron chi connectivity index (χ2n) is 3.62. The van der Waals surface area contributed by atoms with Crippen LogP contribution in [-0.2, 0) is 6.42 Å². The highest BCUT2D eigenvalue weighted by Gasteiger charge is 2.18. The van der Waals surface area contributed by atoms with E-state index in [0.29, 0.717) is 22.8 Å². The van der Waals surface area contributed by atoms with E-state index in [4.69, 9.17) is 16.7 Å². The molecule has 4 nitrogen and oxygen atoms in total. The molecule has 2 aromatic rings. The largest absolute Gasteiger partial charge is 0.477 e. The quantitative estimate of drug-likeness (QED) is 0.875. The van der Waals surface area contributed by atoms with Crippen LogP contribution in [0, 0.1) is 6.92 Å². The predicted octanol–water partition coefficient (Wildman–Crippen LogP) is 2.56.